The first kappa shape index (κ1) is 18.7. The molecule has 1 aliphatic rings. The van der Waals surface area contributed by atoms with Crippen molar-refractivity contribution >= 4 is 23.2 Å². The molecule has 26 heavy (non-hydrogen) atoms. The largest absolute Gasteiger partial charge is 0.338 e. The molecule has 0 aliphatic carbocycles. The van der Waals surface area contributed by atoms with Crippen molar-refractivity contribution in [3.8, 4) is 0 Å². The number of thiazole rings is 1. The van der Waals surface area contributed by atoms with Crippen molar-refractivity contribution in [2.45, 2.75) is 26.8 Å². The summed E-state index contributed by atoms with van der Waals surface area (Å²) in [5, 5.41) is 2.94. The number of carbonyl (C=O) groups is 1. The van der Waals surface area contributed by atoms with Crippen LogP contribution >= 0.6 is 11.3 Å². The summed E-state index contributed by atoms with van der Waals surface area (Å²) >= 11 is 1.58. The van der Waals surface area contributed by atoms with Crippen molar-refractivity contribution < 1.29 is 4.79 Å². The molecule has 0 unspecified atom stereocenters. The number of nitrogens with zero attached hydrogens (tertiary/aromatic N) is 6. The summed E-state index contributed by atoms with van der Waals surface area (Å²) in [7, 11) is 3.92. The average molecular weight is 375 g/mol. The van der Waals surface area contributed by atoms with Crippen molar-refractivity contribution in [2.24, 2.45) is 0 Å². The van der Waals surface area contributed by atoms with Crippen molar-refractivity contribution in [3.05, 3.63) is 33.5 Å². The van der Waals surface area contributed by atoms with Gasteiger partial charge < -0.3 is 14.7 Å². The second-order valence-corrected chi connectivity index (χ2v) is 7.77. The van der Waals surface area contributed by atoms with Crippen LogP contribution in [0.3, 0.4) is 0 Å². The fourth-order valence-electron chi connectivity index (χ4n) is 2.92. The zero-order chi connectivity index (χ0) is 18.8. The molecule has 1 aliphatic heterocycles. The normalized spacial score (nSPS) is 16.6. The van der Waals surface area contributed by atoms with Crippen LogP contribution in [0.15, 0.2) is 11.6 Å². The molecule has 1 atom stereocenters. The van der Waals surface area contributed by atoms with Crippen LogP contribution < -0.4 is 4.90 Å². The van der Waals surface area contributed by atoms with E-state index in [4.69, 9.17) is 0 Å². The molecule has 0 radical (unpaired) electrons. The van der Waals surface area contributed by atoms with Gasteiger partial charge in [0.15, 0.2) is 0 Å². The number of anilines is 1. The minimum atomic E-state index is -0.0853. The third kappa shape index (κ3) is 3.86. The number of rotatable bonds is 4. The maximum atomic E-state index is 12.9. The molecule has 0 spiro atoms. The molecule has 3 heterocycles. The summed E-state index contributed by atoms with van der Waals surface area (Å²) in [6.07, 6.45) is 1.66. The van der Waals surface area contributed by atoms with E-state index < -0.39 is 0 Å². The predicted molar refractivity (Wildman–Crippen MR) is 104 cm³/mol. The van der Waals surface area contributed by atoms with Gasteiger partial charge in [-0.1, -0.05) is 0 Å². The molecule has 1 amide bonds. The molecule has 1 fully saturated rings. The minimum Gasteiger partial charge on any atom is -0.338 e. The summed E-state index contributed by atoms with van der Waals surface area (Å²) in [4.78, 5) is 32.6. The van der Waals surface area contributed by atoms with E-state index in [2.05, 4.69) is 31.8 Å². The summed E-state index contributed by atoms with van der Waals surface area (Å²) in [6, 6.07) is -0.0853. The molecule has 0 bridgehead atoms. The monoisotopic (exact) mass is 374 g/mol. The van der Waals surface area contributed by atoms with E-state index in [0.717, 1.165) is 36.9 Å². The predicted octanol–water partition coefficient (Wildman–Crippen LogP) is 2.13. The van der Waals surface area contributed by atoms with E-state index in [1.165, 1.54) is 0 Å². The first-order valence-corrected chi connectivity index (χ1v) is 9.71. The van der Waals surface area contributed by atoms with Gasteiger partial charge in [0.05, 0.1) is 17.3 Å². The van der Waals surface area contributed by atoms with Gasteiger partial charge in [-0.15, -0.1) is 11.3 Å². The molecule has 7 nitrogen and oxygen atoms in total. The van der Waals surface area contributed by atoms with E-state index in [9.17, 15) is 4.79 Å². The Kier molecular flexibility index (Phi) is 5.52. The lowest BCUT2D eigenvalue weighted by molar-refractivity contribution is 0.0740. The van der Waals surface area contributed by atoms with Crippen LogP contribution in [0.5, 0.6) is 0 Å². The summed E-state index contributed by atoms with van der Waals surface area (Å²) in [5.41, 5.74) is 2.24. The van der Waals surface area contributed by atoms with E-state index in [0.29, 0.717) is 17.2 Å². The molecule has 140 valence electrons. The Balaban J connectivity index is 1.75. The first-order valence-electron chi connectivity index (χ1n) is 8.83. The molecule has 0 aromatic carbocycles. The van der Waals surface area contributed by atoms with Crippen molar-refractivity contribution in [1.29, 1.82) is 0 Å². The van der Waals surface area contributed by atoms with Crippen LogP contribution in [0, 0.1) is 13.8 Å². The quantitative estimate of drug-likeness (QED) is 0.817. The zero-order valence-corrected chi connectivity index (χ0v) is 16.9. The topological polar surface area (TPSA) is 65.5 Å². The maximum Gasteiger partial charge on any atom is 0.257 e. The van der Waals surface area contributed by atoms with Crippen molar-refractivity contribution in [2.75, 3.05) is 45.2 Å². The number of hydrogen-bond acceptors (Lipinski definition) is 7. The summed E-state index contributed by atoms with van der Waals surface area (Å²) < 4.78 is 0. The molecule has 2 aromatic heterocycles. The SMILES string of the molecule is Cc1csc([C@H](C)N(C)C(=O)c2cnc(N3CCN(C)CC3)nc2C)n1. The third-order valence-corrected chi connectivity index (χ3v) is 6.01. The highest BCUT2D eigenvalue weighted by atomic mass is 32.1. The van der Waals surface area contributed by atoms with Crippen LogP contribution in [-0.4, -0.2) is 70.9 Å². The average Bonchev–Trinajstić information content (AvgIpc) is 3.07. The van der Waals surface area contributed by atoms with Gasteiger partial charge in [0.1, 0.15) is 5.01 Å². The Labute approximate surface area is 158 Å². The highest BCUT2D eigenvalue weighted by Crippen LogP contribution is 2.24. The first-order chi connectivity index (χ1) is 12.4. The number of aromatic nitrogens is 3. The molecule has 0 saturated carbocycles. The standard InChI is InChI=1S/C18H26N6OS/c1-12-11-26-16(20-12)14(3)23(5)17(25)15-10-19-18(21-13(15)2)24-8-6-22(4)7-9-24/h10-11,14H,6-9H2,1-5H3/t14-/m0/s1. The smallest absolute Gasteiger partial charge is 0.257 e. The second-order valence-electron chi connectivity index (χ2n) is 6.88. The number of amides is 1. The van der Waals surface area contributed by atoms with Gasteiger partial charge in [-0.2, -0.15) is 0 Å². The van der Waals surface area contributed by atoms with Gasteiger partial charge in [0, 0.05) is 50.5 Å². The number of piperazine rings is 1. The zero-order valence-electron chi connectivity index (χ0n) is 16.1. The lowest BCUT2D eigenvalue weighted by Gasteiger charge is -2.32. The van der Waals surface area contributed by atoms with Gasteiger partial charge in [-0.3, -0.25) is 4.79 Å². The molecular weight excluding hydrogens is 348 g/mol. The van der Waals surface area contributed by atoms with E-state index in [1.807, 2.05) is 26.2 Å². The molecule has 1 saturated heterocycles. The number of likely N-dealkylation sites (N-methyl/N-ethyl adjacent to an activating group) is 1. The molecule has 0 N–H and O–H groups in total. The third-order valence-electron chi connectivity index (χ3n) is 4.88. The van der Waals surface area contributed by atoms with Crippen molar-refractivity contribution in [3.63, 3.8) is 0 Å². The van der Waals surface area contributed by atoms with Crippen LogP contribution in [0.25, 0.3) is 0 Å². The van der Waals surface area contributed by atoms with Gasteiger partial charge in [0.25, 0.3) is 5.91 Å². The fraction of sp³-hybridized carbons (Fsp3) is 0.556. The van der Waals surface area contributed by atoms with Crippen LogP contribution in [0.4, 0.5) is 5.95 Å². The van der Waals surface area contributed by atoms with Crippen LogP contribution in [0.1, 0.15) is 39.7 Å². The number of hydrogen-bond donors (Lipinski definition) is 0. The highest BCUT2D eigenvalue weighted by molar-refractivity contribution is 7.09. The van der Waals surface area contributed by atoms with Crippen LogP contribution in [0.2, 0.25) is 0 Å². The second kappa shape index (κ2) is 7.67. The van der Waals surface area contributed by atoms with E-state index in [1.54, 1.807) is 29.5 Å². The molecule has 2 aromatic rings. The Bertz CT molecular complexity index is 784. The lowest BCUT2D eigenvalue weighted by Crippen LogP contribution is -2.45. The summed E-state index contributed by atoms with van der Waals surface area (Å²) in [5.74, 6) is 0.631. The van der Waals surface area contributed by atoms with Crippen LogP contribution in [-0.2, 0) is 0 Å². The van der Waals surface area contributed by atoms with Gasteiger partial charge >= 0.3 is 0 Å². The Morgan fingerprint density at radius 1 is 1.23 bits per heavy atom. The van der Waals surface area contributed by atoms with Gasteiger partial charge in [-0.05, 0) is 27.8 Å². The van der Waals surface area contributed by atoms with E-state index in [-0.39, 0.29) is 11.9 Å². The molecule has 8 heteroatoms. The minimum absolute atomic E-state index is 0.0761. The molecule has 3 rings (SSSR count). The van der Waals surface area contributed by atoms with Gasteiger partial charge in [0.2, 0.25) is 5.95 Å². The Morgan fingerprint density at radius 2 is 1.92 bits per heavy atom. The number of carbonyl (C=O) groups excluding carboxylic acids is 1. The molecular formula is C18H26N6OS. The Hall–Kier alpha value is -2.06. The van der Waals surface area contributed by atoms with Gasteiger partial charge in [-0.25, -0.2) is 15.0 Å². The van der Waals surface area contributed by atoms with E-state index >= 15 is 0 Å². The lowest BCUT2D eigenvalue weighted by atomic mass is 10.2. The maximum absolute atomic E-state index is 12.9. The fourth-order valence-corrected chi connectivity index (χ4v) is 3.81. The number of aryl methyl sites for hydroxylation is 2. The van der Waals surface area contributed by atoms with Crippen molar-refractivity contribution in [1.82, 2.24) is 24.8 Å². The Morgan fingerprint density at radius 3 is 2.50 bits per heavy atom. The highest BCUT2D eigenvalue weighted by Gasteiger charge is 2.24. The summed E-state index contributed by atoms with van der Waals surface area (Å²) in [6.45, 7) is 9.63.